The van der Waals surface area contributed by atoms with Gasteiger partial charge in [-0.2, -0.15) is 0 Å². The second-order valence-electron chi connectivity index (χ2n) is 4.81. The van der Waals surface area contributed by atoms with Gasteiger partial charge < -0.3 is 15.1 Å². The van der Waals surface area contributed by atoms with Crippen LogP contribution in [0.15, 0.2) is 0 Å². The van der Waals surface area contributed by atoms with Crippen LogP contribution in [0.1, 0.15) is 32.1 Å². The summed E-state index contributed by atoms with van der Waals surface area (Å²) in [5, 5.41) is 19.0. The molecule has 2 atom stereocenters. The molecular weight excluding hydrogens is 194 g/mol. The van der Waals surface area contributed by atoms with Gasteiger partial charge in [-0.15, -0.1) is 0 Å². The maximum atomic E-state index is 10.7. The van der Waals surface area contributed by atoms with Crippen LogP contribution in [0.2, 0.25) is 0 Å². The minimum Gasteiger partial charge on any atom is -0.465 e. The molecule has 0 aromatic rings. The molecule has 0 radical (unpaired) electrons. The van der Waals surface area contributed by atoms with Crippen molar-refractivity contribution < 1.29 is 15.0 Å². The van der Waals surface area contributed by atoms with Crippen LogP contribution in [0, 0.1) is 11.8 Å². The second-order valence-corrected chi connectivity index (χ2v) is 4.81. The Balaban J connectivity index is 1.86. The van der Waals surface area contributed by atoms with Crippen LogP contribution >= 0.6 is 0 Å². The van der Waals surface area contributed by atoms with E-state index in [1.54, 1.807) is 0 Å². The van der Waals surface area contributed by atoms with Crippen LogP contribution in [0.3, 0.4) is 0 Å². The van der Waals surface area contributed by atoms with Gasteiger partial charge in [-0.25, -0.2) is 4.79 Å². The molecule has 1 aliphatic heterocycles. The number of amides is 1. The largest absolute Gasteiger partial charge is 0.465 e. The molecule has 2 fully saturated rings. The molecule has 1 saturated carbocycles. The van der Waals surface area contributed by atoms with E-state index in [4.69, 9.17) is 5.11 Å². The SMILES string of the molecule is O=C(O)N1CCC(C(O)C2CCCC2)C1. The zero-order valence-electron chi connectivity index (χ0n) is 8.93. The standard InChI is InChI=1S/C11H19NO3/c13-10(8-3-1-2-4-8)9-5-6-12(7-9)11(14)15/h8-10,13H,1-7H2,(H,14,15). The van der Waals surface area contributed by atoms with Gasteiger partial charge in [0.2, 0.25) is 0 Å². The lowest BCUT2D eigenvalue weighted by Gasteiger charge is -2.23. The smallest absolute Gasteiger partial charge is 0.407 e. The van der Waals surface area contributed by atoms with Crippen molar-refractivity contribution in [2.75, 3.05) is 13.1 Å². The molecule has 1 amide bonds. The number of hydrogen-bond acceptors (Lipinski definition) is 2. The molecule has 0 spiro atoms. The van der Waals surface area contributed by atoms with Gasteiger partial charge in [0.05, 0.1) is 6.10 Å². The molecule has 2 aliphatic rings. The Morgan fingerprint density at radius 2 is 1.87 bits per heavy atom. The molecule has 86 valence electrons. The van der Waals surface area contributed by atoms with Crippen molar-refractivity contribution in [2.45, 2.75) is 38.2 Å². The van der Waals surface area contributed by atoms with Crippen molar-refractivity contribution in [1.82, 2.24) is 4.90 Å². The monoisotopic (exact) mass is 213 g/mol. The van der Waals surface area contributed by atoms with Crippen LogP contribution in [-0.2, 0) is 0 Å². The fraction of sp³-hybridized carbons (Fsp3) is 0.909. The van der Waals surface area contributed by atoms with Gasteiger partial charge >= 0.3 is 6.09 Å². The molecule has 1 aliphatic carbocycles. The highest BCUT2D eigenvalue weighted by Gasteiger charge is 2.35. The quantitative estimate of drug-likeness (QED) is 0.731. The molecule has 1 saturated heterocycles. The van der Waals surface area contributed by atoms with Crippen molar-refractivity contribution in [3.63, 3.8) is 0 Å². The maximum Gasteiger partial charge on any atom is 0.407 e. The Morgan fingerprint density at radius 3 is 2.40 bits per heavy atom. The Labute approximate surface area is 89.9 Å². The number of aliphatic hydroxyl groups excluding tert-OH is 1. The minimum atomic E-state index is -0.851. The number of nitrogens with zero attached hydrogens (tertiary/aromatic N) is 1. The molecule has 4 heteroatoms. The first-order valence-electron chi connectivity index (χ1n) is 5.84. The van der Waals surface area contributed by atoms with Gasteiger partial charge in [-0.1, -0.05) is 12.8 Å². The van der Waals surface area contributed by atoms with Crippen molar-refractivity contribution >= 4 is 6.09 Å². The average molecular weight is 213 g/mol. The van der Waals surface area contributed by atoms with Crippen LogP contribution in [0.25, 0.3) is 0 Å². The van der Waals surface area contributed by atoms with Crippen molar-refractivity contribution in [1.29, 1.82) is 0 Å². The fourth-order valence-electron chi connectivity index (χ4n) is 2.92. The molecule has 1 heterocycles. The highest BCUT2D eigenvalue weighted by molar-refractivity contribution is 5.65. The first kappa shape index (κ1) is 10.7. The summed E-state index contributed by atoms with van der Waals surface area (Å²) in [6.07, 6.45) is 4.36. The first-order chi connectivity index (χ1) is 7.18. The zero-order chi connectivity index (χ0) is 10.8. The molecular formula is C11H19NO3. The predicted octanol–water partition coefficient (Wildman–Crippen LogP) is 1.54. The Bertz CT molecular complexity index is 238. The van der Waals surface area contributed by atoms with Gasteiger partial charge in [0.1, 0.15) is 0 Å². The topological polar surface area (TPSA) is 60.8 Å². The van der Waals surface area contributed by atoms with Gasteiger partial charge in [0, 0.05) is 19.0 Å². The normalized spacial score (nSPS) is 29.7. The van der Waals surface area contributed by atoms with E-state index < -0.39 is 6.09 Å². The van der Waals surface area contributed by atoms with E-state index in [1.165, 1.54) is 17.7 Å². The predicted molar refractivity (Wildman–Crippen MR) is 55.7 cm³/mol. The van der Waals surface area contributed by atoms with Gasteiger partial charge in [0.25, 0.3) is 0 Å². The number of carbonyl (C=O) groups is 1. The third kappa shape index (κ3) is 2.25. The number of aliphatic hydroxyl groups is 1. The fourth-order valence-corrected chi connectivity index (χ4v) is 2.92. The second kappa shape index (κ2) is 4.39. The van der Waals surface area contributed by atoms with E-state index in [9.17, 15) is 9.90 Å². The molecule has 2 rings (SSSR count). The summed E-state index contributed by atoms with van der Waals surface area (Å²) in [4.78, 5) is 12.2. The third-order valence-corrected chi connectivity index (χ3v) is 3.86. The number of hydrogen-bond donors (Lipinski definition) is 2. The Hall–Kier alpha value is -0.770. The Kier molecular flexibility index (Phi) is 3.14. The number of rotatable bonds is 2. The van der Waals surface area contributed by atoms with Crippen LogP contribution in [-0.4, -0.2) is 40.4 Å². The maximum absolute atomic E-state index is 10.7. The first-order valence-corrected chi connectivity index (χ1v) is 5.84. The average Bonchev–Trinajstić information content (AvgIpc) is 2.88. The summed E-state index contributed by atoms with van der Waals surface area (Å²) in [7, 11) is 0. The van der Waals surface area contributed by atoms with Crippen molar-refractivity contribution in [2.24, 2.45) is 11.8 Å². The van der Waals surface area contributed by atoms with E-state index >= 15 is 0 Å². The van der Waals surface area contributed by atoms with Crippen molar-refractivity contribution in [3.8, 4) is 0 Å². The summed E-state index contributed by atoms with van der Waals surface area (Å²) in [5.74, 6) is 0.591. The van der Waals surface area contributed by atoms with Crippen LogP contribution in [0.4, 0.5) is 4.79 Å². The summed E-state index contributed by atoms with van der Waals surface area (Å²) in [6.45, 7) is 1.11. The van der Waals surface area contributed by atoms with E-state index in [0.29, 0.717) is 19.0 Å². The van der Waals surface area contributed by atoms with E-state index in [-0.39, 0.29) is 12.0 Å². The minimum absolute atomic E-state index is 0.171. The number of carboxylic acid groups (broad SMARTS) is 1. The highest BCUT2D eigenvalue weighted by atomic mass is 16.4. The van der Waals surface area contributed by atoms with E-state index in [1.807, 2.05) is 0 Å². The highest BCUT2D eigenvalue weighted by Crippen LogP contribution is 2.33. The molecule has 4 nitrogen and oxygen atoms in total. The molecule has 2 N–H and O–H groups in total. The Morgan fingerprint density at radius 1 is 1.20 bits per heavy atom. The number of likely N-dealkylation sites (tertiary alicyclic amines) is 1. The van der Waals surface area contributed by atoms with Gasteiger partial charge in [-0.3, -0.25) is 0 Å². The van der Waals surface area contributed by atoms with Gasteiger partial charge in [0.15, 0.2) is 0 Å². The van der Waals surface area contributed by atoms with E-state index in [0.717, 1.165) is 19.3 Å². The lowest BCUT2D eigenvalue weighted by molar-refractivity contribution is 0.0557. The molecule has 2 unspecified atom stereocenters. The third-order valence-electron chi connectivity index (χ3n) is 3.86. The summed E-state index contributed by atoms with van der Waals surface area (Å²) < 4.78 is 0. The zero-order valence-corrected chi connectivity index (χ0v) is 8.93. The molecule has 15 heavy (non-hydrogen) atoms. The van der Waals surface area contributed by atoms with Crippen LogP contribution < -0.4 is 0 Å². The van der Waals surface area contributed by atoms with Crippen molar-refractivity contribution in [3.05, 3.63) is 0 Å². The lowest BCUT2D eigenvalue weighted by atomic mass is 9.89. The van der Waals surface area contributed by atoms with Gasteiger partial charge in [-0.05, 0) is 25.2 Å². The molecule has 0 aromatic carbocycles. The summed E-state index contributed by atoms with van der Waals surface area (Å²) >= 11 is 0. The molecule has 0 bridgehead atoms. The van der Waals surface area contributed by atoms with Crippen LogP contribution in [0.5, 0.6) is 0 Å². The lowest BCUT2D eigenvalue weighted by Crippen LogP contribution is -2.32. The summed E-state index contributed by atoms with van der Waals surface area (Å²) in [6, 6.07) is 0. The summed E-state index contributed by atoms with van der Waals surface area (Å²) in [5.41, 5.74) is 0. The molecule has 0 aromatic heterocycles. The van der Waals surface area contributed by atoms with E-state index in [2.05, 4.69) is 0 Å².